The molecule has 0 bridgehead atoms. The van der Waals surface area contributed by atoms with Crippen molar-refractivity contribution in [2.45, 2.75) is 19.9 Å². The van der Waals surface area contributed by atoms with Gasteiger partial charge in [0.25, 0.3) is 5.91 Å². The van der Waals surface area contributed by atoms with E-state index in [0.717, 1.165) is 16.5 Å². The number of methoxy groups -OCH3 is 3. The van der Waals surface area contributed by atoms with E-state index in [4.69, 9.17) is 24.5 Å². The standard InChI is InChI=1S/C30H29N3O4/c1-6-33(19(2)21-13-11-20(18-31)12-14-21)30(34)24-17-26(32-25-10-8-7-9-23(24)25)22-15-27(35-3)29(37-5)28(16-22)36-4/h7-17,19H,6H2,1-5H3. The number of benzene rings is 3. The zero-order valence-corrected chi connectivity index (χ0v) is 21.6. The Kier molecular flexibility index (Phi) is 7.59. The predicted molar refractivity (Wildman–Crippen MR) is 143 cm³/mol. The molecule has 0 radical (unpaired) electrons. The molecule has 1 atom stereocenters. The van der Waals surface area contributed by atoms with E-state index in [1.165, 1.54) is 0 Å². The largest absolute Gasteiger partial charge is 0.493 e. The van der Waals surface area contributed by atoms with Gasteiger partial charge in [0.15, 0.2) is 11.5 Å². The number of hydrogen-bond donors (Lipinski definition) is 0. The maximum atomic E-state index is 14.0. The van der Waals surface area contributed by atoms with Crippen LogP contribution in [0, 0.1) is 11.3 Å². The molecule has 188 valence electrons. The lowest BCUT2D eigenvalue weighted by Gasteiger charge is -2.29. The second-order valence-corrected chi connectivity index (χ2v) is 8.49. The van der Waals surface area contributed by atoms with Gasteiger partial charge in [-0.3, -0.25) is 4.79 Å². The maximum absolute atomic E-state index is 14.0. The van der Waals surface area contributed by atoms with Gasteiger partial charge in [-0.25, -0.2) is 4.98 Å². The van der Waals surface area contributed by atoms with Crippen molar-refractivity contribution in [3.05, 3.63) is 83.4 Å². The number of fused-ring (bicyclic) bond motifs is 1. The summed E-state index contributed by atoms with van der Waals surface area (Å²) in [6.07, 6.45) is 0. The molecule has 0 saturated carbocycles. The normalized spacial score (nSPS) is 11.5. The zero-order chi connectivity index (χ0) is 26.5. The quantitative estimate of drug-likeness (QED) is 0.297. The Labute approximate surface area is 216 Å². The smallest absolute Gasteiger partial charge is 0.255 e. The summed E-state index contributed by atoms with van der Waals surface area (Å²) >= 11 is 0. The van der Waals surface area contributed by atoms with Gasteiger partial charge in [-0.1, -0.05) is 30.3 Å². The molecule has 0 fully saturated rings. The number of para-hydroxylation sites is 1. The first-order valence-corrected chi connectivity index (χ1v) is 12.0. The average molecular weight is 496 g/mol. The SMILES string of the molecule is CCN(C(=O)c1cc(-c2cc(OC)c(OC)c(OC)c2)nc2ccccc12)C(C)c1ccc(C#N)cc1. The van der Waals surface area contributed by atoms with Gasteiger partial charge < -0.3 is 19.1 Å². The number of pyridine rings is 1. The molecular weight excluding hydrogens is 466 g/mol. The predicted octanol–water partition coefficient (Wildman–Crippen LogP) is 6.02. The van der Waals surface area contributed by atoms with Crippen molar-refractivity contribution in [2.24, 2.45) is 0 Å². The number of carbonyl (C=O) groups is 1. The molecule has 0 aliphatic heterocycles. The van der Waals surface area contributed by atoms with Crippen LogP contribution in [0.5, 0.6) is 17.2 Å². The Hall–Kier alpha value is -4.57. The molecular formula is C30H29N3O4. The number of carbonyl (C=O) groups excluding carboxylic acids is 1. The molecule has 1 amide bonds. The van der Waals surface area contributed by atoms with Crippen LogP contribution in [0.25, 0.3) is 22.2 Å². The molecule has 0 N–H and O–H groups in total. The highest BCUT2D eigenvalue weighted by Gasteiger charge is 2.25. The van der Waals surface area contributed by atoms with Crippen molar-refractivity contribution in [1.29, 1.82) is 5.26 Å². The lowest BCUT2D eigenvalue weighted by Crippen LogP contribution is -2.33. The first kappa shape index (κ1) is 25.5. The number of nitriles is 1. The Balaban J connectivity index is 1.84. The van der Waals surface area contributed by atoms with Gasteiger partial charge in [-0.05, 0) is 55.8 Å². The minimum atomic E-state index is -0.193. The highest BCUT2D eigenvalue weighted by Crippen LogP contribution is 2.41. The lowest BCUT2D eigenvalue weighted by molar-refractivity contribution is 0.0704. The fourth-order valence-corrected chi connectivity index (χ4v) is 4.49. The van der Waals surface area contributed by atoms with Crippen molar-refractivity contribution < 1.29 is 19.0 Å². The molecule has 4 rings (SSSR count). The summed E-state index contributed by atoms with van der Waals surface area (Å²) in [7, 11) is 4.68. The molecule has 37 heavy (non-hydrogen) atoms. The summed E-state index contributed by atoms with van der Waals surface area (Å²) in [5, 5.41) is 9.90. The van der Waals surface area contributed by atoms with E-state index in [1.54, 1.807) is 33.5 Å². The third-order valence-corrected chi connectivity index (χ3v) is 6.50. The van der Waals surface area contributed by atoms with Crippen LogP contribution in [0.4, 0.5) is 0 Å². The molecule has 1 unspecified atom stereocenters. The number of aromatic nitrogens is 1. The van der Waals surface area contributed by atoms with Crippen LogP contribution in [0.3, 0.4) is 0 Å². The molecule has 7 heteroatoms. The monoisotopic (exact) mass is 495 g/mol. The first-order valence-electron chi connectivity index (χ1n) is 12.0. The van der Waals surface area contributed by atoms with Crippen LogP contribution < -0.4 is 14.2 Å². The summed E-state index contributed by atoms with van der Waals surface area (Å²) < 4.78 is 16.5. The fourth-order valence-electron chi connectivity index (χ4n) is 4.49. The van der Waals surface area contributed by atoms with Crippen LogP contribution >= 0.6 is 0 Å². The third kappa shape index (κ3) is 4.91. The van der Waals surface area contributed by atoms with Crippen molar-refractivity contribution in [2.75, 3.05) is 27.9 Å². The number of hydrogen-bond acceptors (Lipinski definition) is 6. The summed E-state index contributed by atoms with van der Waals surface area (Å²) in [5.41, 5.74) is 4.15. The minimum absolute atomic E-state index is 0.105. The average Bonchev–Trinajstić information content (AvgIpc) is 2.95. The topological polar surface area (TPSA) is 84.7 Å². The first-order chi connectivity index (χ1) is 17.9. The summed E-state index contributed by atoms with van der Waals surface area (Å²) in [6.45, 7) is 4.46. The van der Waals surface area contributed by atoms with Crippen molar-refractivity contribution in [1.82, 2.24) is 9.88 Å². The van der Waals surface area contributed by atoms with E-state index >= 15 is 0 Å². The van der Waals surface area contributed by atoms with Gasteiger partial charge >= 0.3 is 0 Å². The number of ether oxygens (including phenoxy) is 3. The van der Waals surface area contributed by atoms with Gasteiger partial charge in [0.2, 0.25) is 5.75 Å². The molecule has 4 aromatic rings. The number of amides is 1. The van der Waals surface area contributed by atoms with Crippen LogP contribution in [0.1, 0.15) is 41.4 Å². The molecule has 3 aromatic carbocycles. The maximum Gasteiger partial charge on any atom is 0.255 e. The lowest BCUT2D eigenvalue weighted by atomic mass is 10.0. The highest BCUT2D eigenvalue weighted by molar-refractivity contribution is 6.07. The Bertz CT molecular complexity index is 1450. The zero-order valence-electron chi connectivity index (χ0n) is 21.6. The van der Waals surface area contributed by atoms with E-state index in [2.05, 4.69) is 6.07 Å². The molecule has 0 saturated heterocycles. The Morgan fingerprint density at radius 3 is 2.19 bits per heavy atom. The molecule has 1 aromatic heterocycles. The van der Waals surface area contributed by atoms with Crippen molar-refractivity contribution in [3.8, 4) is 34.6 Å². The Morgan fingerprint density at radius 2 is 1.62 bits per heavy atom. The summed E-state index contributed by atoms with van der Waals surface area (Å²) in [5.74, 6) is 1.39. The highest BCUT2D eigenvalue weighted by atomic mass is 16.5. The molecule has 7 nitrogen and oxygen atoms in total. The molecule has 1 heterocycles. The van der Waals surface area contributed by atoms with Crippen molar-refractivity contribution >= 4 is 16.8 Å². The van der Waals surface area contributed by atoms with Crippen molar-refractivity contribution in [3.63, 3.8) is 0 Å². The Morgan fingerprint density at radius 1 is 0.973 bits per heavy atom. The van der Waals surface area contributed by atoms with Crippen LogP contribution in [0.15, 0.2) is 66.7 Å². The van der Waals surface area contributed by atoms with E-state index in [1.807, 2.05) is 73.3 Å². The third-order valence-electron chi connectivity index (χ3n) is 6.50. The van der Waals surface area contributed by atoms with Crippen LogP contribution in [-0.2, 0) is 0 Å². The minimum Gasteiger partial charge on any atom is -0.493 e. The van der Waals surface area contributed by atoms with Crippen LogP contribution in [0.2, 0.25) is 0 Å². The molecule has 0 aliphatic carbocycles. The molecule has 0 aliphatic rings. The fraction of sp³-hybridized carbons (Fsp3) is 0.233. The van der Waals surface area contributed by atoms with E-state index < -0.39 is 0 Å². The summed E-state index contributed by atoms with van der Waals surface area (Å²) in [6, 6.07) is 22.4. The van der Waals surface area contributed by atoms with E-state index in [-0.39, 0.29) is 11.9 Å². The summed E-state index contributed by atoms with van der Waals surface area (Å²) in [4.78, 5) is 20.7. The second kappa shape index (κ2) is 11.0. The van der Waals surface area contributed by atoms with Gasteiger partial charge in [0, 0.05) is 17.5 Å². The van der Waals surface area contributed by atoms with Crippen LogP contribution in [-0.4, -0.2) is 43.7 Å². The molecule has 0 spiro atoms. The van der Waals surface area contributed by atoms with E-state index in [9.17, 15) is 4.79 Å². The second-order valence-electron chi connectivity index (χ2n) is 8.49. The van der Waals surface area contributed by atoms with Gasteiger partial charge in [-0.15, -0.1) is 0 Å². The van der Waals surface area contributed by atoms with Gasteiger partial charge in [-0.2, -0.15) is 5.26 Å². The van der Waals surface area contributed by atoms with E-state index in [0.29, 0.717) is 46.1 Å². The van der Waals surface area contributed by atoms with Gasteiger partial charge in [0.1, 0.15) is 0 Å². The number of rotatable bonds is 8. The van der Waals surface area contributed by atoms with Gasteiger partial charge in [0.05, 0.1) is 55.8 Å². The number of nitrogens with zero attached hydrogens (tertiary/aromatic N) is 3.